The van der Waals surface area contributed by atoms with Gasteiger partial charge in [-0.25, -0.2) is 8.42 Å². The molecule has 0 atom stereocenters. The number of nitrogens with zero attached hydrogens (tertiary/aromatic N) is 3. The third-order valence-corrected chi connectivity index (χ3v) is 7.15. The summed E-state index contributed by atoms with van der Waals surface area (Å²) < 4.78 is 26.7. The van der Waals surface area contributed by atoms with Gasteiger partial charge in [0.05, 0.1) is 10.5 Å². The van der Waals surface area contributed by atoms with Crippen molar-refractivity contribution in [3.8, 4) is 6.07 Å². The first-order valence-electron chi connectivity index (χ1n) is 8.55. The smallest absolute Gasteiger partial charge is 0.243 e. The predicted octanol–water partition coefficient (Wildman–Crippen LogP) is 1.95. The van der Waals surface area contributed by atoms with E-state index in [1.807, 2.05) is 6.07 Å². The van der Waals surface area contributed by atoms with Crippen molar-refractivity contribution < 1.29 is 13.2 Å². The zero-order valence-electron chi connectivity index (χ0n) is 14.7. The summed E-state index contributed by atoms with van der Waals surface area (Å²) in [4.78, 5) is 14.5. The van der Waals surface area contributed by atoms with Crippen LogP contribution in [0.5, 0.6) is 0 Å². The summed E-state index contributed by atoms with van der Waals surface area (Å²) >= 11 is 1.32. The second kappa shape index (κ2) is 8.63. The summed E-state index contributed by atoms with van der Waals surface area (Å²) in [5, 5.41) is 14.1. The number of amides is 1. The van der Waals surface area contributed by atoms with Crippen molar-refractivity contribution in [2.24, 2.45) is 0 Å². The molecule has 1 aromatic heterocycles. The van der Waals surface area contributed by atoms with Crippen molar-refractivity contribution in [3.63, 3.8) is 0 Å². The van der Waals surface area contributed by atoms with Gasteiger partial charge in [0.25, 0.3) is 0 Å². The third kappa shape index (κ3) is 4.73. The summed E-state index contributed by atoms with van der Waals surface area (Å²) in [5.41, 5.74) is 0.466. The van der Waals surface area contributed by atoms with Crippen LogP contribution in [0.25, 0.3) is 0 Å². The lowest BCUT2D eigenvalue weighted by atomic mass is 10.3. The van der Waals surface area contributed by atoms with Gasteiger partial charge in [-0.05, 0) is 23.6 Å². The van der Waals surface area contributed by atoms with E-state index in [0.717, 1.165) is 0 Å². The zero-order chi connectivity index (χ0) is 19.3. The minimum atomic E-state index is -3.46. The Kier molecular flexibility index (Phi) is 6.23. The highest BCUT2D eigenvalue weighted by Crippen LogP contribution is 2.22. The number of carbonyl (C=O) groups is 1. The fourth-order valence-corrected chi connectivity index (χ4v) is 5.07. The van der Waals surface area contributed by atoms with E-state index in [9.17, 15) is 13.2 Å². The molecule has 1 aromatic carbocycles. The van der Waals surface area contributed by atoms with Gasteiger partial charge in [0, 0.05) is 39.1 Å². The Morgan fingerprint density at radius 1 is 1.15 bits per heavy atom. The topological polar surface area (TPSA) is 93.5 Å². The largest absolute Gasteiger partial charge is 0.317 e. The van der Waals surface area contributed by atoms with Gasteiger partial charge >= 0.3 is 0 Å². The summed E-state index contributed by atoms with van der Waals surface area (Å²) in [6.45, 7) is 2.53. The van der Waals surface area contributed by atoms with Crippen LogP contribution in [-0.4, -0.2) is 56.3 Å². The van der Waals surface area contributed by atoms with Crippen molar-refractivity contribution in [3.05, 3.63) is 47.3 Å². The van der Waals surface area contributed by atoms with E-state index in [0.29, 0.717) is 54.6 Å². The number of hydrogen-bond acceptors (Lipinski definition) is 6. The molecule has 0 spiro atoms. The minimum absolute atomic E-state index is 0.145. The summed E-state index contributed by atoms with van der Waals surface area (Å²) in [6, 6.07) is 12.1. The van der Waals surface area contributed by atoms with Gasteiger partial charge in [0.2, 0.25) is 15.9 Å². The number of piperazine rings is 1. The molecule has 0 bridgehead atoms. The third-order valence-electron chi connectivity index (χ3n) is 4.41. The molecule has 0 aliphatic carbocycles. The molecule has 7 nitrogen and oxygen atoms in total. The second-order valence-corrected chi connectivity index (χ2v) is 8.99. The maximum absolute atomic E-state index is 12.6. The first kappa shape index (κ1) is 19.5. The van der Waals surface area contributed by atoms with Crippen molar-refractivity contribution >= 4 is 32.3 Å². The van der Waals surface area contributed by atoms with Crippen LogP contribution < -0.4 is 5.32 Å². The maximum Gasteiger partial charge on any atom is 0.243 e. The highest BCUT2D eigenvalue weighted by molar-refractivity contribution is 7.89. The van der Waals surface area contributed by atoms with E-state index >= 15 is 0 Å². The molecule has 2 heterocycles. The van der Waals surface area contributed by atoms with Crippen LogP contribution in [0.4, 0.5) is 5.00 Å². The van der Waals surface area contributed by atoms with Gasteiger partial charge in [0.15, 0.2) is 0 Å². The standard InChI is InChI=1S/C18H20N4O3S2/c19-14-15-7-13-26-18(15)20-17(23)6-8-21-9-11-22(12-10-21)27(24,25)16-4-2-1-3-5-16/h1-5,7,13H,6,8-12H2,(H,20,23). The van der Waals surface area contributed by atoms with Crippen LogP contribution in [0.3, 0.4) is 0 Å². The Labute approximate surface area is 162 Å². The number of benzene rings is 1. The highest BCUT2D eigenvalue weighted by Gasteiger charge is 2.28. The number of anilines is 1. The fourth-order valence-electron chi connectivity index (χ4n) is 2.88. The monoisotopic (exact) mass is 404 g/mol. The quantitative estimate of drug-likeness (QED) is 0.794. The van der Waals surface area contributed by atoms with Gasteiger partial charge in [-0.15, -0.1) is 11.3 Å². The average Bonchev–Trinajstić information content (AvgIpc) is 3.14. The molecule has 27 heavy (non-hydrogen) atoms. The molecule has 1 saturated heterocycles. The van der Waals surface area contributed by atoms with Gasteiger partial charge < -0.3 is 10.2 Å². The van der Waals surface area contributed by atoms with E-state index < -0.39 is 10.0 Å². The number of sulfonamides is 1. The average molecular weight is 405 g/mol. The zero-order valence-corrected chi connectivity index (χ0v) is 16.3. The Balaban J connectivity index is 1.47. The summed E-state index contributed by atoms with van der Waals surface area (Å²) in [6.07, 6.45) is 0.300. The number of nitriles is 1. The van der Waals surface area contributed by atoms with Gasteiger partial charge in [0.1, 0.15) is 11.1 Å². The molecule has 1 aliphatic rings. The Bertz CT molecular complexity index is 927. The number of hydrogen-bond donors (Lipinski definition) is 1. The first-order chi connectivity index (χ1) is 13.0. The lowest BCUT2D eigenvalue weighted by Crippen LogP contribution is -2.49. The fraction of sp³-hybridized carbons (Fsp3) is 0.333. The van der Waals surface area contributed by atoms with Crippen molar-refractivity contribution in [2.75, 3.05) is 38.0 Å². The number of rotatable bonds is 6. The minimum Gasteiger partial charge on any atom is -0.317 e. The Morgan fingerprint density at radius 3 is 2.52 bits per heavy atom. The van der Waals surface area contributed by atoms with E-state index in [1.165, 1.54) is 15.6 Å². The van der Waals surface area contributed by atoms with Crippen LogP contribution in [0.1, 0.15) is 12.0 Å². The maximum atomic E-state index is 12.6. The van der Waals surface area contributed by atoms with Crippen molar-refractivity contribution in [2.45, 2.75) is 11.3 Å². The van der Waals surface area contributed by atoms with Gasteiger partial charge in [-0.2, -0.15) is 9.57 Å². The molecular weight excluding hydrogens is 384 g/mol. The molecule has 1 aliphatic heterocycles. The molecule has 0 saturated carbocycles. The van der Waals surface area contributed by atoms with Crippen LogP contribution >= 0.6 is 11.3 Å². The number of carbonyl (C=O) groups excluding carboxylic acids is 1. The Hall–Kier alpha value is -2.25. The van der Waals surface area contributed by atoms with Crippen LogP contribution in [0.2, 0.25) is 0 Å². The molecule has 2 aromatic rings. The lowest BCUT2D eigenvalue weighted by molar-refractivity contribution is -0.116. The van der Waals surface area contributed by atoms with Crippen molar-refractivity contribution in [1.29, 1.82) is 5.26 Å². The molecule has 3 rings (SSSR count). The van der Waals surface area contributed by atoms with Crippen LogP contribution in [0.15, 0.2) is 46.7 Å². The van der Waals surface area contributed by atoms with E-state index in [2.05, 4.69) is 10.2 Å². The summed E-state index contributed by atoms with van der Waals surface area (Å²) in [5.74, 6) is -0.145. The highest BCUT2D eigenvalue weighted by atomic mass is 32.2. The molecule has 142 valence electrons. The molecule has 1 N–H and O–H groups in total. The predicted molar refractivity (Wildman–Crippen MR) is 104 cm³/mol. The number of nitrogens with one attached hydrogen (secondary N) is 1. The Morgan fingerprint density at radius 2 is 1.85 bits per heavy atom. The van der Waals surface area contributed by atoms with Crippen LogP contribution in [0, 0.1) is 11.3 Å². The summed E-state index contributed by atoms with van der Waals surface area (Å²) in [7, 11) is -3.46. The second-order valence-electron chi connectivity index (χ2n) is 6.13. The molecular formula is C18H20N4O3S2. The van der Waals surface area contributed by atoms with Gasteiger partial charge in [-0.1, -0.05) is 18.2 Å². The molecule has 9 heteroatoms. The van der Waals surface area contributed by atoms with Crippen LogP contribution in [-0.2, 0) is 14.8 Å². The molecule has 1 fully saturated rings. The van der Waals surface area contributed by atoms with Crippen molar-refractivity contribution in [1.82, 2.24) is 9.21 Å². The first-order valence-corrected chi connectivity index (χ1v) is 10.9. The molecule has 0 unspecified atom stereocenters. The lowest BCUT2D eigenvalue weighted by Gasteiger charge is -2.33. The van der Waals surface area contributed by atoms with E-state index in [4.69, 9.17) is 5.26 Å². The molecule has 0 radical (unpaired) electrons. The van der Waals surface area contributed by atoms with E-state index in [1.54, 1.807) is 41.8 Å². The number of thiophene rings is 1. The van der Waals surface area contributed by atoms with E-state index in [-0.39, 0.29) is 5.91 Å². The SMILES string of the molecule is N#Cc1ccsc1NC(=O)CCN1CCN(S(=O)(=O)c2ccccc2)CC1. The van der Waals surface area contributed by atoms with Gasteiger partial charge in [-0.3, -0.25) is 4.79 Å². The normalized spacial score (nSPS) is 16.0. The molecule has 1 amide bonds.